The van der Waals surface area contributed by atoms with Crippen molar-refractivity contribution < 1.29 is 9.13 Å². The molecule has 106 valence electrons. The number of nitrogens with two attached hydrogens (primary N) is 1. The summed E-state index contributed by atoms with van der Waals surface area (Å²) in [5, 5.41) is 0.624. The topological polar surface area (TPSA) is 35.2 Å². The van der Waals surface area contributed by atoms with Crippen LogP contribution in [0.2, 0.25) is 5.02 Å². The van der Waals surface area contributed by atoms with Crippen LogP contribution in [0.5, 0.6) is 11.5 Å². The van der Waals surface area contributed by atoms with Gasteiger partial charge in [0.1, 0.15) is 17.3 Å². The molecule has 0 spiro atoms. The molecule has 1 unspecified atom stereocenters. The summed E-state index contributed by atoms with van der Waals surface area (Å²) < 4.78 is 19.1. The molecule has 2 aromatic rings. The third kappa shape index (κ3) is 3.50. The molecule has 0 aliphatic heterocycles. The van der Waals surface area contributed by atoms with Crippen LogP contribution in [0.15, 0.2) is 36.4 Å². The van der Waals surface area contributed by atoms with Crippen molar-refractivity contribution in [3.8, 4) is 11.5 Å². The van der Waals surface area contributed by atoms with Crippen molar-refractivity contribution in [2.75, 3.05) is 0 Å². The lowest BCUT2D eigenvalue weighted by atomic mass is 10.1. The van der Waals surface area contributed by atoms with Crippen molar-refractivity contribution in [2.24, 2.45) is 5.73 Å². The molecule has 0 aromatic heterocycles. The lowest BCUT2D eigenvalue weighted by Crippen LogP contribution is -2.18. The smallest absolute Gasteiger partial charge is 0.132 e. The van der Waals surface area contributed by atoms with Crippen molar-refractivity contribution in [1.82, 2.24) is 0 Å². The average molecular weight is 294 g/mol. The zero-order valence-corrected chi connectivity index (χ0v) is 12.2. The highest BCUT2D eigenvalue weighted by Crippen LogP contribution is 2.31. The molecule has 0 saturated heterocycles. The van der Waals surface area contributed by atoms with E-state index in [4.69, 9.17) is 22.1 Å². The Morgan fingerprint density at radius 1 is 1.30 bits per heavy atom. The highest BCUT2D eigenvalue weighted by molar-refractivity contribution is 6.31. The molecule has 0 saturated carbocycles. The van der Waals surface area contributed by atoms with Gasteiger partial charge in [-0.05, 0) is 56.2 Å². The summed E-state index contributed by atoms with van der Waals surface area (Å²) in [6.45, 7) is 3.61. The minimum absolute atomic E-state index is 0.0211. The number of ether oxygens (including phenoxy) is 1. The fourth-order valence-electron chi connectivity index (χ4n) is 1.96. The van der Waals surface area contributed by atoms with Crippen LogP contribution >= 0.6 is 11.6 Å². The first kappa shape index (κ1) is 14.8. The largest absolute Gasteiger partial charge is 0.457 e. The van der Waals surface area contributed by atoms with Gasteiger partial charge in [0.05, 0.1) is 0 Å². The van der Waals surface area contributed by atoms with Crippen molar-refractivity contribution in [3.63, 3.8) is 0 Å². The molecule has 0 aliphatic rings. The molecule has 2 nitrogen and oxygen atoms in total. The minimum Gasteiger partial charge on any atom is -0.457 e. The van der Waals surface area contributed by atoms with Crippen LogP contribution in [0.25, 0.3) is 0 Å². The van der Waals surface area contributed by atoms with Gasteiger partial charge in [0.15, 0.2) is 0 Å². The molecule has 0 heterocycles. The monoisotopic (exact) mass is 293 g/mol. The summed E-state index contributed by atoms with van der Waals surface area (Å²) in [5.41, 5.74) is 7.24. The molecule has 0 amide bonds. The van der Waals surface area contributed by atoms with Gasteiger partial charge in [0.2, 0.25) is 0 Å². The summed E-state index contributed by atoms with van der Waals surface area (Å²) >= 11 is 6.20. The zero-order valence-electron chi connectivity index (χ0n) is 11.5. The summed E-state index contributed by atoms with van der Waals surface area (Å²) in [6.07, 6.45) is 0.620. The molecule has 0 bridgehead atoms. The minimum atomic E-state index is -0.251. The summed E-state index contributed by atoms with van der Waals surface area (Å²) in [4.78, 5) is 0. The van der Waals surface area contributed by atoms with E-state index in [1.807, 2.05) is 25.1 Å². The van der Waals surface area contributed by atoms with Crippen molar-refractivity contribution in [1.29, 1.82) is 0 Å². The number of rotatable bonds is 4. The molecule has 20 heavy (non-hydrogen) atoms. The van der Waals surface area contributed by atoms with E-state index in [0.717, 1.165) is 5.56 Å². The number of hydrogen-bond acceptors (Lipinski definition) is 2. The zero-order chi connectivity index (χ0) is 14.7. The van der Waals surface area contributed by atoms with Gasteiger partial charge < -0.3 is 10.5 Å². The lowest BCUT2D eigenvalue weighted by molar-refractivity contribution is 0.471. The van der Waals surface area contributed by atoms with Gasteiger partial charge in [-0.25, -0.2) is 4.39 Å². The Kier molecular flexibility index (Phi) is 4.63. The van der Waals surface area contributed by atoms with Gasteiger partial charge in [-0.1, -0.05) is 17.7 Å². The Morgan fingerprint density at radius 2 is 2.05 bits per heavy atom. The SMILES string of the molecule is Cc1cc(Oc2cccc(Cl)c2CC(C)N)ccc1F. The third-order valence-corrected chi connectivity index (χ3v) is 3.31. The third-order valence-electron chi connectivity index (χ3n) is 2.96. The van der Waals surface area contributed by atoms with Crippen LogP contribution in [0.4, 0.5) is 4.39 Å². The predicted molar refractivity (Wildman–Crippen MR) is 80.0 cm³/mol. The Labute approximate surface area is 123 Å². The molecule has 0 fully saturated rings. The van der Waals surface area contributed by atoms with Crippen LogP contribution in [-0.2, 0) is 6.42 Å². The maximum Gasteiger partial charge on any atom is 0.132 e. The maximum absolute atomic E-state index is 13.3. The summed E-state index contributed by atoms with van der Waals surface area (Å²) in [5.74, 6) is 0.983. The number of benzene rings is 2. The quantitative estimate of drug-likeness (QED) is 0.902. The van der Waals surface area contributed by atoms with Crippen molar-refractivity contribution in [3.05, 3.63) is 58.4 Å². The molecular formula is C16H17ClFNO. The van der Waals surface area contributed by atoms with E-state index < -0.39 is 0 Å². The van der Waals surface area contributed by atoms with E-state index in [1.165, 1.54) is 6.07 Å². The standard InChI is InChI=1S/C16H17ClFNO/c1-10-8-12(6-7-15(10)18)20-16-5-3-4-14(17)13(16)9-11(2)19/h3-8,11H,9,19H2,1-2H3. The molecule has 2 rings (SSSR count). The lowest BCUT2D eigenvalue weighted by Gasteiger charge is -2.14. The molecule has 0 aliphatic carbocycles. The van der Waals surface area contributed by atoms with Crippen molar-refractivity contribution in [2.45, 2.75) is 26.3 Å². The first-order valence-corrected chi connectivity index (χ1v) is 6.82. The molecular weight excluding hydrogens is 277 g/mol. The van der Waals surface area contributed by atoms with E-state index >= 15 is 0 Å². The maximum atomic E-state index is 13.3. The van der Waals surface area contributed by atoms with E-state index in [2.05, 4.69) is 0 Å². The van der Waals surface area contributed by atoms with Gasteiger partial charge in [0.25, 0.3) is 0 Å². The Morgan fingerprint density at radius 3 is 2.70 bits per heavy atom. The highest BCUT2D eigenvalue weighted by Gasteiger charge is 2.11. The second kappa shape index (κ2) is 6.25. The van der Waals surface area contributed by atoms with Crippen LogP contribution in [0, 0.1) is 12.7 Å². The van der Waals surface area contributed by atoms with Gasteiger partial charge >= 0.3 is 0 Å². The summed E-state index contributed by atoms with van der Waals surface area (Å²) in [6, 6.07) is 10.1. The van der Waals surface area contributed by atoms with E-state index in [1.54, 1.807) is 19.1 Å². The molecule has 4 heteroatoms. The van der Waals surface area contributed by atoms with Crippen LogP contribution in [0.3, 0.4) is 0 Å². The second-order valence-electron chi connectivity index (χ2n) is 4.91. The van der Waals surface area contributed by atoms with Gasteiger partial charge in [-0.15, -0.1) is 0 Å². The molecule has 1 atom stereocenters. The Bertz CT molecular complexity index is 613. The van der Waals surface area contributed by atoms with Gasteiger partial charge in [-0.2, -0.15) is 0 Å². The second-order valence-corrected chi connectivity index (χ2v) is 5.32. The molecule has 2 aromatic carbocycles. The first-order chi connectivity index (χ1) is 9.47. The first-order valence-electron chi connectivity index (χ1n) is 6.44. The fourth-order valence-corrected chi connectivity index (χ4v) is 2.21. The van der Waals surface area contributed by atoms with Crippen LogP contribution < -0.4 is 10.5 Å². The van der Waals surface area contributed by atoms with Gasteiger partial charge in [0, 0.05) is 16.6 Å². The fraction of sp³-hybridized carbons (Fsp3) is 0.250. The number of halogens is 2. The molecule has 0 radical (unpaired) electrons. The number of aryl methyl sites for hydroxylation is 1. The molecule has 2 N–H and O–H groups in total. The van der Waals surface area contributed by atoms with Gasteiger partial charge in [-0.3, -0.25) is 0 Å². The normalized spacial score (nSPS) is 12.2. The number of hydrogen-bond donors (Lipinski definition) is 1. The van der Waals surface area contributed by atoms with Crippen LogP contribution in [0.1, 0.15) is 18.1 Å². The van der Waals surface area contributed by atoms with Crippen molar-refractivity contribution >= 4 is 11.6 Å². The van der Waals surface area contributed by atoms with Crippen LogP contribution in [-0.4, -0.2) is 6.04 Å². The van der Waals surface area contributed by atoms with E-state index in [9.17, 15) is 4.39 Å². The van der Waals surface area contributed by atoms with E-state index in [0.29, 0.717) is 28.5 Å². The average Bonchev–Trinajstić information content (AvgIpc) is 2.38. The summed E-state index contributed by atoms with van der Waals surface area (Å²) in [7, 11) is 0. The Balaban J connectivity index is 2.32. The highest BCUT2D eigenvalue weighted by atomic mass is 35.5. The van der Waals surface area contributed by atoms with E-state index in [-0.39, 0.29) is 11.9 Å². The Hall–Kier alpha value is -1.58. The predicted octanol–water partition coefficient (Wildman–Crippen LogP) is 4.47.